The minimum absolute atomic E-state index is 0.0152. The molecule has 718 valence electrons. The minimum atomic E-state index is -1.89. The maximum Gasteiger partial charge on any atom is 0.246 e. The number of nitrogens with zero attached hydrogens (tertiary/aromatic N) is 5. The van der Waals surface area contributed by atoms with Crippen molar-refractivity contribution in [3.8, 4) is 5.75 Å². The third-order valence-electron chi connectivity index (χ3n) is 23.7. The van der Waals surface area contributed by atoms with Crippen LogP contribution in [0.2, 0.25) is 0 Å². The van der Waals surface area contributed by atoms with Crippen molar-refractivity contribution >= 4 is 128 Å². The van der Waals surface area contributed by atoms with Crippen molar-refractivity contribution in [3.05, 3.63) is 114 Å². The Morgan fingerprint density at radius 2 is 1.06 bits per heavy atom. The molecule has 0 bridgehead atoms. The van der Waals surface area contributed by atoms with E-state index in [0.717, 1.165) is 36.7 Å². The normalized spacial score (nSPS) is 25.2. The molecular weight excluding hydrogens is 1710 g/mol. The summed E-state index contributed by atoms with van der Waals surface area (Å²) < 4.78 is 0. The molecule has 17 amide bonds. The number of amides is 17. The average Bonchev–Trinajstić information content (AvgIpc) is 1.60. The Labute approximate surface area is 763 Å². The maximum absolute atomic E-state index is 15.7. The van der Waals surface area contributed by atoms with Crippen molar-refractivity contribution in [3.63, 3.8) is 0 Å². The van der Waals surface area contributed by atoms with Crippen molar-refractivity contribution < 1.29 is 96.8 Å². The Bertz CT molecular complexity index is 5000. The molecule has 3 aromatic carbocycles. The molecule has 0 saturated carbocycles. The summed E-state index contributed by atoms with van der Waals surface area (Å²) in [5.74, 6) is -17.5. The van der Waals surface area contributed by atoms with Crippen LogP contribution in [0.3, 0.4) is 0 Å². The molecule has 3 aliphatic heterocycles. The standard InChI is InChI=1S/C89H127N23O20/c1-9-11-26-68-81(125)101-60(25-18-34-95-89(93)94)77(121)100-59(76(120)98-45-73(92)117)24-17-29-74(118)99-63(37-50-30-32-53(114)33-31-50)84(128)108(6)49(5)75(119)103-65(41-72(91)116)86(130)111-35-19-28-69(111)82(126)106-66(42-90)79(123)104-62(36-48(3)4)87(131)112-46-54(115)40-71(112)83(127)102-61(38-51-43-96-57-22-15-13-20-55(51)57)78(122)107-67(47-113)80(124)105-64(39-52-44-97-58-23-16-14-21-56(52)58)85(129)110(8)70(27-12-10-2)88(132)109(68)7/h13-17,20-23,29-33,43-44,48-49,54,59-71,96-97,113-115H,9-12,18-19,24-28,34-42,45-47,90H2,1-8H3,(H2,91,116)(H2,92,117)(H,98,120)(H,99,118)(H,100,121)(H,101,125)(H,102,127)(H,103,119)(H,104,123)(H,105,124)(H,106,126)(H,107,122)(H4,93,94,95)/b29-17+/t49-,54+,59-,60-,61-,62-,63-,64-,65-,66-,67-,68-,69-,70-,71-/m0/s1. The van der Waals surface area contributed by atoms with Gasteiger partial charge in [-0.2, -0.15) is 0 Å². The number of carbonyl (C=O) groups is 17. The molecule has 5 heterocycles. The number of aliphatic hydroxyl groups is 2. The highest BCUT2D eigenvalue weighted by Crippen LogP contribution is 2.28. The van der Waals surface area contributed by atoms with Crippen molar-refractivity contribution in [2.45, 2.75) is 234 Å². The molecule has 0 radical (unpaired) electrons. The van der Waals surface area contributed by atoms with Gasteiger partial charge < -0.3 is 131 Å². The van der Waals surface area contributed by atoms with E-state index >= 15 is 33.6 Å². The Morgan fingerprint density at radius 3 is 1.66 bits per heavy atom. The number of unbranched alkanes of at least 4 members (excludes halogenated alkanes) is 2. The van der Waals surface area contributed by atoms with Gasteiger partial charge >= 0.3 is 0 Å². The fourth-order valence-corrected chi connectivity index (χ4v) is 16.3. The predicted octanol–water partition coefficient (Wildman–Crippen LogP) is -3.72. The van der Waals surface area contributed by atoms with Gasteiger partial charge in [-0.15, -0.1) is 0 Å². The predicted molar refractivity (Wildman–Crippen MR) is 483 cm³/mol. The number of hydrogen-bond donors (Lipinski definition) is 21. The molecular formula is C89H127N23O20. The van der Waals surface area contributed by atoms with Crippen LogP contribution >= 0.6 is 0 Å². The number of primary amides is 2. The van der Waals surface area contributed by atoms with Gasteiger partial charge in [0.25, 0.3) is 0 Å². The van der Waals surface area contributed by atoms with Crippen molar-refractivity contribution in [1.29, 1.82) is 5.41 Å². The van der Waals surface area contributed by atoms with Crippen LogP contribution in [0.25, 0.3) is 21.8 Å². The monoisotopic (exact) mass is 1840 g/mol. The summed E-state index contributed by atoms with van der Waals surface area (Å²) in [4.78, 5) is 260. The van der Waals surface area contributed by atoms with E-state index in [4.69, 9.17) is 28.3 Å². The Kier molecular flexibility index (Phi) is 38.9. The van der Waals surface area contributed by atoms with Gasteiger partial charge in [0.15, 0.2) is 5.96 Å². The van der Waals surface area contributed by atoms with Crippen LogP contribution in [0, 0.1) is 11.3 Å². The second-order valence-corrected chi connectivity index (χ2v) is 34.0. The van der Waals surface area contributed by atoms with Crippen LogP contribution < -0.4 is 81.4 Å². The number of rotatable bonds is 25. The van der Waals surface area contributed by atoms with E-state index in [1.165, 1.54) is 52.3 Å². The largest absolute Gasteiger partial charge is 0.508 e. The quantitative estimate of drug-likeness (QED) is 0.0152. The van der Waals surface area contributed by atoms with Gasteiger partial charge in [-0.3, -0.25) is 86.9 Å². The highest BCUT2D eigenvalue weighted by atomic mass is 16.3. The van der Waals surface area contributed by atoms with E-state index in [0.29, 0.717) is 64.2 Å². The van der Waals surface area contributed by atoms with Gasteiger partial charge in [-0.25, -0.2) is 0 Å². The highest BCUT2D eigenvalue weighted by molar-refractivity contribution is 6.03. The van der Waals surface area contributed by atoms with Crippen molar-refractivity contribution in [2.75, 3.05) is 60.5 Å². The van der Waals surface area contributed by atoms with Crippen LogP contribution in [-0.4, -0.2) is 307 Å². The molecule has 0 unspecified atom stereocenters. The minimum Gasteiger partial charge on any atom is -0.508 e. The van der Waals surface area contributed by atoms with Gasteiger partial charge in [-0.1, -0.05) is 108 Å². The molecule has 43 heteroatoms. The second kappa shape index (κ2) is 49.4. The number of aliphatic hydroxyl groups excluding tert-OH is 2. The van der Waals surface area contributed by atoms with Gasteiger partial charge in [0, 0.05) is 107 Å². The fourth-order valence-electron chi connectivity index (χ4n) is 16.3. The molecule has 132 heavy (non-hydrogen) atoms. The summed E-state index contributed by atoms with van der Waals surface area (Å²) in [5, 5.41) is 70.4. The summed E-state index contributed by atoms with van der Waals surface area (Å²) in [6, 6.07) is -2.51. The number of aromatic hydroxyl groups is 1. The third-order valence-corrected chi connectivity index (χ3v) is 23.7. The zero-order chi connectivity index (χ0) is 96.9. The van der Waals surface area contributed by atoms with Crippen LogP contribution in [0.1, 0.15) is 141 Å². The zero-order valence-corrected chi connectivity index (χ0v) is 75.6. The lowest BCUT2D eigenvalue weighted by Gasteiger charge is -2.36. The number of aromatic nitrogens is 2. The molecule has 5 aromatic rings. The number of hydrogen-bond acceptors (Lipinski definition) is 22. The van der Waals surface area contributed by atoms with E-state index in [1.54, 1.807) is 74.8 Å². The number of aromatic amines is 2. The summed E-state index contributed by atoms with van der Waals surface area (Å²) in [6.07, 6.45) is 2.68. The lowest BCUT2D eigenvalue weighted by Crippen LogP contribution is -2.62. The SMILES string of the molecule is CCCC[C@H]1C(=O)N(C)[C@@H](CCCC)C(=O)N[C@@H](CCCNC(=N)N)C(=O)N[C@H](C(=O)NCC(N)=O)C/C=C/C(=O)N[C@@H](Cc2ccc(O)cc2)C(=O)N(C)[C@@H](C)C(=O)N[C@@H](CC(N)=O)C(=O)N2CCC[C@H]2C(=O)N[C@@H](CN)C(=O)N[C@@H](CC(C)C)C(=O)N2C[C@H](O)C[C@H]2C(=O)N[C@@H](Cc2c[nH]c3ccccc23)C(=O)N[C@@H](CO)C(=O)N[C@@H](Cc2c[nH]c3ccccc23)C(=O)N1C. The summed E-state index contributed by atoms with van der Waals surface area (Å²) >= 11 is 0. The van der Waals surface area contributed by atoms with Gasteiger partial charge in [0.1, 0.15) is 90.3 Å². The number of benzene rings is 3. The molecule has 2 fully saturated rings. The Morgan fingerprint density at radius 1 is 0.538 bits per heavy atom. The number of guanidine groups is 1. The van der Waals surface area contributed by atoms with Crippen LogP contribution in [-0.2, 0) is 101 Å². The summed E-state index contributed by atoms with van der Waals surface area (Å²) in [7, 11) is 3.87. The molecule has 3 aliphatic rings. The first-order chi connectivity index (χ1) is 62.8. The van der Waals surface area contributed by atoms with Crippen molar-refractivity contribution in [2.24, 2.45) is 28.9 Å². The molecule has 2 aromatic heterocycles. The number of phenolic OH excluding ortho intramolecular Hbond substituents is 1. The first-order valence-electron chi connectivity index (χ1n) is 44.4. The molecule has 25 N–H and O–H groups in total. The number of para-hydroxylation sites is 2. The second-order valence-electron chi connectivity index (χ2n) is 34.0. The van der Waals surface area contributed by atoms with Crippen molar-refractivity contribution in [1.82, 2.24) is 93.0 Å². The van der Waals surface area contributed by atoms with Crippen LogP contribution in [0.4, 0.5) is 0 Å². The summed E-state index contributed by atoms with van der Waals surface area (Å²) in [5.41, 5.74) is 25.5. The molecule has 0 spiro atoms. The first kappa shape index (κ1) is 104. The fraction of sp³-hybridized carbons (Fsp3) is 0.528. The van der Waals surface area contributed by atoms with Gasteiger partial charge in [0.2, 0.25) is 100 Å². The number of fused-ring (bicyclic) bond motifs is 4. The molecule has 8 rings (SSSR count). The first-order valence-corrected chi connectivity index (χ1v) is 44.4. The number of nitrogens with one attached hydrogen (secondary N) is 14. The number of likely N-dealkylation sites (N-methyl/N-ethyl adjacent to an activating group) is 3. The van der Waals surface area contributed by atoms with Gasteiger partial charge in [-0.05, 0) is 111 Å². The van der Waals surface area contributed by atoms with E-state index in [1.807, 2.05) is 13.8 Å². The van der Waals surface area contributed by atoms with E-state index in [9.17, 15) is 63.3 Å². The lowest BCUT2D eigenvalue weighted by molar-refractivity contribution is -0.149. The average molecular weight is 1840 g/mol. The summed E-state index contributed by atoms with van der Waals surface area (Å²) in [6.45, 7) is 5.33. The Hall–Kier alpha value is -13.6. The zero-order valence-electron chi connectivity index (χ0n) is 75.6. The number of carbonyl (C=O) groups excluding carboxylic acids is 17. The van der Waals surface area contributed by atoms with Crippen LogP contribution in [0.15, 0.2) is 97.3 Å². The third kappa shape index (κ3) is 28.7. The Balaban J connectivity index is 1.20. The van der Waals surface area contributed by atoms with E-state index in [2.05, 4.69) is 68.5 Å². The molecule has 0 aliphatic carbocycles. The lowest BCUT2D eigenvalue weighted by atomic mass is 10.00. The van der Waals surface area contributed by atoms with E-state index < -0.39 is 243 Å². The molecule has 43 nitrogen and oxygen atoms in total. The molecule has 15 atom stereocenters. The molecule has 2 saturated heterocycles. The smallest absolute Gasteiger partial charge is 0.246 e. The maximum atomic E-state index is 15.7. The number of H-pyrrole nitrogens is 2. The number of phenols is 1. The van der Waals surface area contributed by atoms with Gasteiger partial charge in [0.05, 0.1) is 25.7 Å². The highest BCUT2D eigenvalue weighted by Gasteiger charge is 2.47. The van der Waals surface area contributed by atoms with E-state index in [-0.39, 0.29) is 89.0 Å². The van der Waals surface area contributed by atoms with Crippen LogP contribution in [0.5, 0.6) is 5.75 Å². The topological polar surface area (TPSA) is 659 Å². The number of nitrogens with two attached hydrogens (primary N) is 4.